The van der Waals surface area contributed by atoms with Gasteiger partial charge in [-0.3, -0.25) is 25.2 Å². The Morgan fingerprint density at radius 1 is 1.18 bits per heavy atom. The fraction of sp³-hybridized carbons (Fsp3) is 0.357. The quantitative estimate of drug-likeness (QED) is 0.641. The van der Waals surface area contributed by atoms with Crippen molar-refractivity contribution in [2.45, 2.75) is 19.4 Å². The van der Waals surface area contributed by atoms with Crippen LogP contribution >= 0.6 is 0 Å². The lowest BCUT2D eigenvalue weighted by Gasteiger charge is -2.07. The Labute approximate surface area is 126 Å². The molecular formula is C14H15N3O5. The molecule has 0 atom stereocenters. The maximum absolute atomic E-state index is 11.8. The van der Waals surface area contributed by atoms with Gasteiger partial charge in [-0.25, -0.2) is 0 Å². The zero-order chi connectivity index (χ0) is 15.5. The molecule has 0 unspecified atom stereocenters. The molecule has 0 radical (unpaired) electrons. The minimum Gasteiger partial charge on any atom is -0.454 e. The second-order valence-corrected chi connectivity index (χ2v) is 5.03. The third-order valence-electron chi connectivity index (χ3n) is 3.53. The van der Waals surface area contributed by atoms with E-state index in [9.17, 15) is 14.4 Å². The van der Waals surface area contributed by atoms with Gasteiger partial charge in [0.1, 0.15) is 5.92 Å². The number of nitrogens with one attached hydrogen (secondary N) is 3. The number of benzene rings is 1. The first-order valence-corrected chi connectivity index (χ1v) is 6.88. The molecule has 0 aliphatic carbocycles. The van der Waals surface area contributed by atoms with Crippen LogP contribution in [0.4, 0.5) is 0 Å². The van der Waals surface area contributed by atoms with E-state index in [1.807, 2.05) is 6.07 Å². The van der Waals surface area contributed by atoms with Crippen molar-refractivity contribution in [3.63, 3.8) is 0 Å². The fourth-order valence-corrected chi connectivity index (χ4v) is 2.29. The van der Waals surface area contributed by atoms with Crippen molar-refractivity contribution in [2.75, 3.05) is 6.79 Å². The van der Waals surface area contributed by atoms with Crippen molar-refractivity contribution in [3.8, 4) is 11.5 Å². The van der Waals surface area contributed by atoms with Crippen LogP contribution in [0.3, 0.4) is 0 Å². The highest BCUT2D eigenvalue weighted by molar-refractivity contribution is 6.05. The Morgan fingerprint density at radius 3 is 2.68 bits per heavy atom. The van der Waals surface area contributed by atoms with E-state index in [1.54, 1.807) is 12.1 Å². The number of carbonyl (C=O) groups excluding carboxylic acids is 3. The molecule has 8 heteroatoms. The van der Waals surface area contributed by atoms with E-state index in [0.717, 1.165) is 5.56 Å². The standard InChI is InChI=1S/C14H15N3O5/c18-12(4-2-9-13(19)16-17-14(9)20)15-6-8-1-3-10-11(5-8)22-7-21-10/h1,3,5,9H,2,4,6-7H2,(H,15,18)(H,16,19)(H,17,20). The minimum absolute atomic E-state index is 0.107. The van der Waals surface area contributed by atoms with Gasteiger partial charge >= 0.3 is 0 Å². The van der Waals surface area contributed by atoms with Gasteiger partial charge in [-0.15, -0.1) is 0 Å². The Balaban J connectivity index is 1.46. The first-order chi connectivity index (χ1) is 10.6. The predicted octanol–water partition coefficient (Wildman–Crippen LogP) is -0.411. The third kappa shape index (κ3) is 2.95. The SMILES string of the molecule is O=C(CCC1C(=O)NNC1=O)NCc1ccc2c(c1)OCO2. The highest BCUT2D eigenvalue weighted by Gasteiger charge is 2.32. The van der Waals surface area contributed by atoms with Crippen LogP contribution in [0.2, 0.25) is 0 Å². The molecule has 0 saturated carbocycles. The van der Waals surface area contributed by atoms with Gasteiger partial charge in [0.15, 0.2) is 11.5 Å². The van der Waals surface area contributed by atoms with Crippen LogP contribution in [0.1, 0.15) is 18.4 Å². The Kier molecular flexibility index (Phi) is 3.82. The van der Waals surface area contributed by atoms with Crippen molar-refractivity contribution < 1.29 is 23.9 Å². The van der Waals surface area contributed by atoms with Crippen LogP contribution < -0.4 is 25.6 Å². The molecular weight excluding hydrogens is 290 g/mol. The summed E-state index contributed by atoms with van der Waals surface area (Å²) in [6.07, 6.45) is 0.292. The van der Waals surface area contributed by atoms with Gasteiger partial charge in [0.2, 0.25) is 12.7 Å². The summed E-state index contributed by atoms with van der Waals surface area (Å²) in [6, 6.07) is 5.43. The van der Waals surface area contributed by atoms with Gasteiger partial charge < -0.3 is 14.8 Å². The monoisotopic (exact) mass is 305 g/mol. The fourth-order valence-electron chi connectivity index (χ4n) is 2.29. The summed E-state index contributed by atoms with van der Waals surface area (Å²) in [5.41, 5.74) is 5.34. The van der Waals surface area contributed by atoms with E-state index in [-0.39, 0.29) is 25.5 Å². The van der Waals surface area contributed by atoms with E-state index in [2.05, 4.69) is 16.2 Å². The number of fused-ring (bicyclic) bond motifs is 1. The van der Waals surface area contributed by atoms with Gasteiger partial charge in [0.25, 0.3) is 11.8 Å². The second kappa shape index (κ2) is 5.92. The smallest absolute Gasteiger partial charge is 0.251 e. The normalized spacial score (nSPS) is 16.4. The van der Waals surface area contributed by atoms with Crippen LogP contribution in [0, 0.1) is 5.92 Å². The number of carbonyl (C=O) groups is 3. The van der Waals surface area contributed by atoms with Crippen molar-refractivity contribution >= 4 is 17.7 Å². The first kappa shape index (κ1) is 14.2. The van der Waals surface area contributed by atoms with Crippen molar-refractivity contribution in [3.05, 3.63) is 23.8 Å². The van der Waals surface area contributed by atoms with Gasteiger partial charge in [-0.05, 0) is 24.1 Å². The van der Waals surface area contributed by atoms with Gasteiger partial charge in [0.05, 0.1) is 0 Å². The molecule has 1 saturated heterocycles. The van der Waals surface area contributed by atoms with Crippen molar-refractivity contribution in [2.24, 2.45) is 5.92 Å². The Morgan fingerprint density at radius 2 is 1.91 bits per heavy atom. The molecule has 1 aromatic carbocycles. The summed E-state index contributed by atoms with van der Waals surface area (Å²) in [4.78, 5) is 34.5. The maximum atomic E-state index is 11.8. The maximum Gasteiger partial charge on any atom is 0.251 e. The lowest BCUT2D eigenvalue weighted by molar-refractivity contribution is -0.128. The van der Waals surface area contributed by atoms with Crippen LogP contribution in [0.5, 0.6) is 11.5 Å². The third-order valence-corrected chi connectivity index (χ3v) is 3.53. The molecule has 1 aromatic rings. The molecule has 2 aliphatic rings. The largest absolute Gasteiger partial charge is 0.454 e. The first-order valence-electron chi connectivity index (χ1n) is 6.88. The molecule has 3 N–H and O–H groups in total. The van der Waals surface area contributed by atoms with E-state index < -0.39 is 17.7 Å². The molecule has 22 heavy (non-hydrogen) atoms. The van der Waals surface area contributed by atoms with Crippen LogP contribution in [0.15, 0.2) is 18.2 Å². The number of hydrogen-bond acceptors (Lipinski definition) is 5. The van der Waals surface area contributed by atoms with Crippen LogP contribution in [-0.4, -0.2) is 24.5 Å². The van der Waals surface area contributed by atoms with Gasteiger partial charge in [-0.1, -0.05) is 6.07 Å². The molecule has 116 valence electrons. The average molecular weight is 305 g/mol. The minimum atomic E-state index is -0.795. The van der Waals surface area contributed by atoms with Crippen molar-refractivity contribution in [1.29, 1.82) is 0 Å². The van der Waals surface area contributed by atoms with Gasteiger partial charge in [-0.2, -0.15) is 0 Å². The van der Waals surface area contributed by atoms with E-state index in [0.29, 0.717) is 18.0 Å². The van der Waals surface area contributed by atoms with Crippen LogP contribution in [0.25, 0.3) is 0 Å². The van der Waals surface area contributed by atoms with Crippen molar-refractivity contribution in [1.82, 2.24) is 16.2 Å². The molecule has 0 aromatic heterocycles. The number of hydrazine groups is 1. The zero-order valence-electron chi connectivity index (χ0n) is 11.7. The molecule has 3 amide bonds. The number of amides is 3. The predicted molar refractivity (Wildman–Crippen MR) is 73.4 cm³/mol. The van der Waals surface area contributed by atoms with E-state index in [4.69, 9.17) is 9.47 Å². The number of rotatable bonds is 5. The van der Waals surface area contributed by atoms with Gasteiger partial charge in [0, 0.05) is 13.0 Å². The molecule has 1 fully saturated rings. The lowest BCUT2D eigenvalue weighted by Crippen LogP contribution is -2.28. The summed E-state index contributed by atoms with van der Waals surface area (Å²) in [5.74, 6) is -0.456. The number of hydrogen-bond donors (Lipinski definition) is 3. The molecule has 0 spiro atoms. The number of ether oxygens (including phenoxy) is 2. The van der Waals surface area contributed by atoms with E-state index >= 15 is 0 Å². The Hall–Kier alpha value is -2.77. The lowest BCUT2D eigenvalue weighted by atomic mass is 10.0. The molecule has 2 aliphatic heterocycles. The summed E-state index contributed by atoms with van der Waals surface area (Å²) < 4.78 is 10.5. The summed E-state index contributed by atoms with van der Waals surface area (Å²) in [6.45, 7) is 0.551. The second-order valence-electron chi connectivity index (χ2n) is 5.03. The molecule has 8 nitrogen and oxygen atoms in total. The molecule has 3 rings (SSSR count). The molecule has 2 heterocycles. The highest BCUT2D eigenvalue weighted by Crippen LogP contribution is 2.32. The average Bonchev–Trinajstić information content (AvgIpc) is 3.10. The summed E-state index contributed by atoms with van der Waals surface area (Å²) >= 11 is 0. The van der Waals surface area contributed by atoms with E-state index in [1.165, 1.54) is 0 Å². The Bertz CT molecular complexity index is 615. The molecule has 0 bridgehead atoms. The topological polar surface area (TPSA) is 106 Å². The highest BCUT2D eigenvalue weighted by atomic mass is 16.7. The van der Waals surface area contributed by atoms with Crippen LogP contribution in [-0.2, 0) is 20.9 Å². The summed E-state index contributed by atoms with van der Waals surface area (Å²) in [7, 11) is 0. The summed E-state index contributed by atoms with van der Waals surface area (Å²) in [5, 5.41) is 2.75. The zero-order valence-corrected chi connectivity index (χ0v) is 11.7.